The predicted octanol–water partition coefficient (Wildman–Crippen LogP) is 3.18. The lowest BCUT2D eigenvalue weighted by atomic mass is 10.0. The number of hydrogen-bond donors (Lipinski definition) is 1. The van der Waals surface area contributed by atoms with Crippen molar-refractivity contribution >= 4 is 17.5 Å². The Bertz CT molecular complexity index is 852. The van der Waals surface area contributed by atoms with Crippen LogP contribution in [0.2, 0.25) is 0 Å². The van der Waals surface area contributed by atoms with E-state index in [4.69, 9.17) is 5.26 Å². The van der Waals surface area contributed by atoms with Crippen LogP contribution in [0.1, 0.15) is 45.2 Å². The first-order valence-electron chi connectivity index (χ1n) is 7.87. The van der Waals surface area contributed by atoms with Crippen LogP contribution in [0.5, 0.6) is 0 Å². The molecular weight excluding hydrogens is 302 g/mol. The van der Waals surface area contributed by atoms with E-state index in [1.807, 2.05) is 19.1 Å². The number of nitrogens with one attached hydrogen (secondary N) is 1. The lowest BCUT2D eigenvalue weighted by Crippen LogP contribution is -2.26. The minimum absolute atomic E-state index is 0.105. The van der Waals surface area contributed by atoms with Gasteiger partial charge in [0.05, 0.1) is 22.4 Å². The van der Waals surface area contributed by atoms with E-state index in [0.29, 0.717) is 35.5 Å². The minimum Gasteiger partial charge on any atom is -0.334 e. The standard InChI is InChI=1S/C19H17N3O2/c1-2-10-22-12-14-7-5-8-15(17(14)19(22)24)18(23)21-16-9-4-3-6-13(16)11-20/h3-9H,2,10,12H2,1H3,(H,21,23). The molecule has 0 saturated heterocycles. The number of fused-ring (bicyclic) bond motifs is 1. The quantitative estimate of drug-likeness (QED) is 0.940. The molecule has 0 aromatic heterocycles. The van der Waals surface area contributed by atoms with Gasteiger partial charge in [0.15, 0.2) is 0 Å². The molecule has 0 spiro atoms. The van der Waals surface area contributed by atoms with Gasteiger partial charge in [-0.15, -0.1) is 0 Å². The van der Waals surface area contributed by atoms with E-state index in [1.165, 1.54) is 0 Å². The summed E-state index contributed by atoms with van der Waals surface area (Å²) in [7, 11) is 0. The first-order chi connectivity index (χ1) is 11.7. The molecule has 0 aliphatic carbocycles. The second-order valence-corrected chi connectivity index (χ2v) is 5.68. The second kappa shape index (κ2) is 6.55. The fraction of sp³-hybridized carbons (Fsp3) is 0.211. The molecule has 2 aromatic carbocycles. The van der Waals surface area contributed by atoms with Gasteiger partial charge in [0, 0.05) is 13.1 Å². The van der Waals surface area contributed by atoms with Gasteiger partial charge in [-0.05, 0) is 30.2 Å². The van der Waals surface area contributed by atoms with Crippen LogP contribution in [-0.4, -0.2) is 23.3 Å². The lowest BCUT2D eigenvalue weighted by Gasteiger charge is -2.14. The molecule has 0 saturated carbocycles. The van der Waals surface area contributed by atoms with Gasteiger partial charge < -0.3 is 10.2 Å². The minimum atomic E-state index is -0.374. The van der Waals surface area contributed by atoms with Crippen molar-refractivity contribution in [2.24, 2.45) is 0 Å². The van der Waals surface area contributed by atoms with Crippen LogP contribution in [0.3, 0.4) is 0 Å². The normalized spacial score (nSPS) is 12.7. The molecule has 1 N–H and O–H groups in total. The third-order valence-corrected chi connectivity index (χ3v) is 4.05. The largest absolute Gasteiger partial charge is 0.334 e. The van der Waals surface area contributed by atoms with Gasteiger partial charge in [-0.3, -0.25) is 9.59 Å². The van der Waals surface area contributed by atoms with Crippen molar-refractivity contribution in [3.05, 3.63) is 64.7 Å². The van der Waals surface area contributed by atoms with Gasteiger partial charge in [-0.1, -0.05) is 31.2 Å². The number of anilines is 1. The van der Waals surface area contributed by atoms with Crippen LogP contribution < -0.4 is 5.32 Å². The second-order valence-electron chi connectivity index (χ2n) is 5.68. The summed E-state index contributed by atoms with van der Waals surface area (Å²) in [5.74, 6) is -0.479. The number of nitrogens with zero attached hydrogens (tertiary/aromatic N) is 2. The first-order valence-corrected chi connectivity index (χ1v) is 7.87. The van der Waals surface area contributed by atoms with Gasteiger partial charge in [-0.2, -0.15) is 5.26 Å². The zero-order valence-electron chi connectivity index (χ0n) is 13.4. The maximum atomic E-state index is 12.7. The number of nitriles is 1. The summed E-state index contributed by atoms with van der Waals surface area (Å²) >= 11 is 0. The van der Waals surface area contributed by atoms with Gasteiger partial charge in [0.2, 0.25) is 0 Å². The third kappa shape index (κ3) is 2.74. The molecule has 2 aromatic rings. The van der Waals surface area contributed by atoms with Crippen LogP contribution in [-0.2, 0) is 6.54 Å². The van der Waals surface area contributed by atoms with Crippen LogP contribution in [0.15, 0.2) is 42.5 Å². The van der Waals surface area contributed by atoms with Crippen molar-refractivity contribution in [1.82, 2.24) is 4.90 Å². The smallest absolute Gasteiger partial charge is 0.256 e. The van der Waals surface area contributed by atoms with Crippen molar-refractivity contribution in [2.75, 3.05) is 11.9 Å². The Balaban J connectivity index is 1.92. The van der Waals surface area contributed by atoms with Gasteiger partial charge in [0.1, 0.15) is 6.07 Å². The molecule has 120 valence electrons. The number of hydrogen-bond acceptors (Lipinski definition) is 3. The van der Waals surface area contributed by atoms with E-state index >= 15 is 0 Å². The predicted molar refractivity (Wildman–Crippen MR) is 90.6 cm³/mol. The van der Waals surface area contributed by atoms with Crippen molar-refractivity contribution in [2.45, 2.75) is 19.9 Å². The van der Waals surface area contributed by atoms with E-state index in [0.717, 1.165) is 12.0 Å². The molecular formula is C19H17N3O2. The molecule has 2 amide bonds. The van der Waals surface area contributed by atoms with Crippen molar-refractivity contribution in [1.29, 1.82) is 5.26 Å². The van der Waals surface area contributed by atoms with Gasteiger partial charge in [0.25, 0.3) is 11.8 Å². The SMILES string of the molecule is CCCN1Cc2cccc(C(=O)Nc3ccccc3C#N)c2C1=O. The Labute approximate surface area is 140 Å². The first kappa shape index (κ1) is 15.8. The molecule has 0 fully saturated rings. The number of carbonyl (C=O) groups is 2. The number of amides is 2. The molecule has 1 aliphatic heterocycles. The van der Waals surface area contributed by atoms with E-state index in [-0.39, 0.29) is 11.8 Å². The highest BCUT2D eigenvalue weighted by molar-refractivity contribution is 6.14. The summed E-state index contributed by atoms with van der Waals surface area (Å²) in [6, 6.07) is 14.2. The Morgan fingerprint density at radius 3 is 2.79 bits per heavy atom. The molecule has 0 bridgehead atoms. The highest BCUT2D eigenvalue weighted by Gasteiger charge is 2.31. The Morgan fingerprint density at radius 1 is 1.25 bits per heavy atom. The molecule has 5 nitrogen and oxygen atoms in total. The fourth-order valence-electron chi connectivity index (χ4n) is 2.94. The third-order valence-electron chi connectivity index (χ3n) is 4.05. The van der Waals surface area contributed by atoms with Crippen molar-refractivity contribution in [3.8, 4) is 6.07 Å². The van der Waals surface area contributed by atoms with Gasteiger partial charge in [-0.25, -0.2) is 0 Å². The van der Waals surface area contributed by atoms with E-state index in [2.05, 4.69) is 5.32 Å². The van der Waals surface area contributed by atoms with Crippen molar-refractivity contribution in [3.63, 3.8) is 0 Å². The molecule has 5 heteroatoms. The van der Waals surface area contributed by atoms with E-state index in [9.17, 15) is 9.59 Å². The molecule has 1 aliphatic rings. The summed E-state index contributed by atoms with van der Waals surface area (Å²) in [6.45, 7) is 3.23. The molecule has 0 unspecified atom stereocenters. The summed E-state index contributed by atoms with van der Waals surface area (Å²) in [5.41, 5.74) is 2.52. The average Bonchev–Trinajstić information content (AvgIpc) is 2.92. The summed E-state index contributed by atoms with van der Waals surface area (Å²) in [5, 5.41) is 11.9. The van der Waals surface area contributed by atoms with E-state index < -0.39 is 0 Å². The number of rotatable bonds is 4. The molecule has 0 atom stereocenters. The lowest BCUT2D eigenvalue weighted by molar-refractivity contribution is 0.0774. The zero-order chi connectivity index (χ0) is 17.1. The van der Waals surface area contributed by atoms with Gasteiger partial charge >= 0.3 is 0 Å². The topological polar surface area (TPSA) is 73.2 Å². The van der Waals surface area contributed by atoms with Crippen molar-refractivity contribution < 1.29 is 9.59 Å². The highest BCUT2D eigenvalue weighted by atomic mass is 16.2. The van der Waals surface area contributed by atoms with Crippen LogP contribution in [0.25, 0.3) is 0 Å². The van der Waals surface area contributed by atoms with Crippen LogP contribution in [0.4, 0.5) is 5.69 Å². The number of carbonyl (C=O) groups excluding carboxylic acids is 2. The van der Waals surface area contributed by atoms with E-state index in [1.54, 1.807) is 41.3 Å². The molecule has 1 heterocycles. The number of para-hydroxylation sites is 1. The summed E-state index contributed by atoms with van der Waals surface area (Å²) < 4.78 is 0. The molecule has 3 rings (SSSR count). The van der Waals surface area contributed by atoms with Crippen LogP contribution in [0, 0.1) is 11.3 Å². The summed E-state index contributed by atoms with van der Waals surface area (Å²) in [6.07, 6.45) is 0.872. The molecule has 0 radical (unpaired) electrons. The number of benzene rings is 2. The van der Waals surface area contributed by atoms with Crippen LogP contribution >= 0.6 is 0 Å². The Kier molecular flexibility index (Phi) is 4.30. The monoisotopic (exact) mass is 319 g/mol. The summed E-state index contributed by atoms with van der Waals surface area (Å²) in [4.78, 5) is 27.0. The Hall–Kier alpha value is -3.13. The zero-order valence-corrected chi connectivity index (χ0v) is 13.4. The molecule has 24 heavy (non-hydrogen) atoms. The maximum Gasteiger partial charge on any atom is 0.256 e. The highest BCUT2D eigenvalue weighted by Crippen LogP contribution is 2.27. The average molecular weight is 319 g/mol. The Morgan fingerprint density at radius 2 is 2.04 bits per heavy atom. The fourth-order valence-corrected chi connectivity index (χ4v) is 2.94. The maximum absolute atomic E-state index is 12.7.